The normalized spacial score (nSPS) is 9.61. The number of pyridine rings is 1. The van der Waals surface area contributed by atoms with Gasteiger partial charge in [-0.2, -0.15) is 0 Å². The summed E-state index contributed by atoms with van der Waals surface area (Å²) in [6, 6.07) is 10.7. The Hall–Kier alpha value is -2.47. The van der Waals surface area contributed by atoms with Crippen LogP contribution in [0.15, 0.2) is 42.6 Å². The Morgan fingerprint density at radius 3 is 2.48 bits per heavy atom. The first-order chi connectivity index (χ1) is 10.7. The molecule has 0 unspecified atom stereocenters. The van der Waals surface area contributed by atoms with E-state index in [1.807, 2.05) is 24.3 Å². The van der Waals surface area contributed by atoms with E-state index in [9.17, 15) is 4.79 Å². The molecule has 0 atom stereocenters. The Balaban J connectivity index is 0.00000264. The number of rotatable bonds is 7. The summed E-state index contributed by atoms with van der Waals surface area (Å²) in [5, 5.41) is 2.75. The summed E-state index contributed by atoms with van der Waals surface area (Å²) >= 11 is 0. The topological polar surface area (TPSA) is 86.5 Å². The average molecular weight is 338 g/mol. The van der Waals surface area contributed by atoms with Crippen molar-refractivity contribution in [2.24, 2.45) is 0 Å². The molecule has 6 nitrogen and oxygen atoms in total. The van der Waals surface area contributed by atoms with Crippen molar-refractivity contribution in [1.82, 2.24) is 4.98 Å². The lowest BCUT2D eigenvalue weighted by atomic mass is 10.3. The Labute approximate surface area is 141 Å². The number of nitrogens with one attached hydrogen (secondary N) is 1. The molecule has 3 N–H and O–H groups in total. The summed E-state index contributed by atoms with van der Waals surface area (Å²) in [5.41, 5.74) is 6.12. The van der Waals surface area contributed by atoms with Crippen molar-refractivity contribution in [3.8, 4) is 11.5 Å². The number of halogens is 1. The van der Waals surface area contributed by atoms with Gasteiger partial charge < -0.3 is 20.5 Å². The molecule has 0 aliphatic rings. The monoisotopic (exact) mass is 337 g/mol. The van der Waals surface area contributed by atoms with Crippen molar-refractivity contribution in [2.45, 2.75) is 12.8 Å². The van der Waals surface area contributed by atoms with Crippen LogP contribution in [-0.4, -0.2) is 24.6 Å². The summed E-state index contributed by atoms with van der Waals surface area (Å²) in [6.45, 7) is 0.472. The number of hydrogen-bond donors (Lipinski definition) is 2. The van der Waals surface area contributed by atoms with Crippen LogP contribution >= 0.6 is 12.4 Å². The molecule has 2 rings (SSSR count). The van der Waals surface area contributed by atoms with Crippen molar-refractivity contribution < 1.29 is 14.3 Å². The van der Waals surface area contributed by atoms with Gasteiger partial charge in [-0.1, -0.05) is 0 Å². The third-order valence-corrected chi connectivity index (χ3v) is 2.95. The number of nitrogens with two attached hydrogens (primary N) is 1. The summed E-state index contributed by atoms with van der Waals surface area (Å²) in [4.78, 5) is 15.7. The molecular weight excluding hydrogens is 318 g/mol. The minimum atomic E-state index is -0.0788. The number of nitrogen functional groups attached to an aromatic ring is 1. The molecular formula is C16H20ClN3O3. The average Bonchev–Trinajstić information content (AvgIpc) is 2.54. The van der Waals surface area contributed by atoms with E-state index < -0.39 is 0 Å². The number of aromatic nitrogens is 1. The van der Waals surface area contributed by atoms with Crippen molar-refractivity contribution in [3.05, 3.63) is 42.6 Å². The van der Waals surface area contributed by atoms with E-state index in [2.05, 4.69) is 10.3 Å². The van der Waals surface area contributed by atoms with E-state index in [1.54, 1.807) is 19.2 Å². The molecule has 1 aromatic heterocycles. The number of amides is 1. The van der Waals surface area contributed by atoms with Crippen LogP contribution in [0.1, 0.15) is 12.8 Å². The molecule has 0 radical (unpaired) electrons. The highest BCUT2D eigenvalue weighted by atomic mass is 35.5. The number of ether oxygens (including phenoxy) is 2. The number of carbonyl (C=O) groups is 1. The van der Waals surface area contributed by atoms with E-state index in [0.717, 1.165) is 11.5 Å². The second-order valence-electron chi connectivity index (χ2n) is 4.65. The summed E-state index contributed by atoms with van der Waals surface area (Å²) in [6.07, 6.45) is 2.53. The van der Waals surface area contributed by atoms with Crippen LogP contribution in [0, 0.1) is 0 Å². The summed E-state index contributed by atoms with van der Waals surface area (Å²) < 4.78 is 10.6. The maximum atomic E-state index is 11.8. The van der Waals surface area contributed by atoms with Crippen LogP contribution in [-0.2, 0) is 4.79 Å². The molecule has 0 aliphatic heterocycles. The lowest BCUT2D eigenvalue weighted by Gasteiger charge is -2.07. The summed E-state index contributed by atoms with van der Waals surface area (Å²) in [5.74, 6) is 1.88. The van der Waals surface area contributed by atoms with Gasteiger partial charge in [0.05, 0.1) is 25.6 Å². The van der Waals surface area contributed by atoms with E-state index in [0.29, 0.717) is 31.0 Å². The molecule has 1 heterocycles. The number of nitrogens with zero attached hydrogens (tertiary/aromatic N) is 1. The second-order valence-corrected chi connectivity index (χ2v) is 4.65. The fourth-order valence-corrected chi connectivity index (χ4v) is 1.80. The molecule has 0 saturated heterocycles. The molecule has 7 heteroatoms. The van der Waals surface area contributed by atoms with Gasteiger partial charge in [0.15, 0.2) is 0 Å². The minimum absolute atomic E-state index is 0. The molecule has 1 amide bonds. The van der Waals surface area contributed by atoms with Gasteiger partial charge >= 0.3 is 0 Å². The molecule has 0 fully saturated rings. The Morgan fingerprint density at radius 1 is 1.17 bits per heavy atom. The molecule has 0 aliphatic carbocycles. The fraction of sp³-hybridized carbons (Fsp3) is 0.250. The second kappa shape index (κ2) is 9.53. The van der Waals surface area contributed by atoms with Gasteiger partial charge in [-0.05, 0) is 42.8 Å². The van der Waals surface area contributed by atoms with Crippen LogP contribution in [0.3, 0.4) is 0 Å². The van der Waals surface area contributed by atoms with Crippen LogP contribution < -0.4 is 20.5 Å². The van der Waals surface area contributed by atoms with E-state index >= 15 is 0 Å². The molecule has 124 valence electrons. The molecule has 23 heavy (non-hydrogen) atoms. The third-order valence-electron chi connectivity index (χ3n) is 2.95. The number of benzene rings is 1. The zero-order valence-electron chi connectivity index (χ0n) is 12.8. The molecule has 0 bridgehead atoms. The zero-order valence-corrected chi connectivity index (χ0v) is 13.6. The fourth-order valence-electron chi connectivity index (χ4n) is 1.80. The molecule has 1 aromatic carbocycles. The standard InChI is InChI=1S/C16H19N3O3.ClH/c1-21-13-5-7-14(8-6-13)22-10-2-3-16(20)19-12-4-9-15(17)18-11-12;/h4-9,11H,2-3,10H2,1H3,(H2,17,18)(H,19,20);1H. The van der Waals surface area contributed by atoms with Crippen molar-refractivity contribution >= 4 is 29.8 Å². The van der Waals surface area contributed by atoms with Gasteiger partial charge in [-0.15, -0.1) is 12.4 Å². The number of methoxy groups -OCH3 is 1. The predicted octanol–water partition coefficient (Wildman–Crippen LogP) is 2.89. The van der Waals surface area contributed by atoms with Gasteiger partial charge in [0.1, 0.15) is 17.3 Å². The first-order valence-corrected chi connectivity index (χ1v) is 6.95. The SMILES string of the molecule is COc1ccc(OCCCC(=O)Nc2ccc(N)nc2)cc1.Cl. The lowest BCUT2D eigenvalue weighted by Crippen LogP contribution is -2.13. The van der Waals surface area contributed by atoms with Gasteiger partial charge in [-0.3, -0.25) is 4.79 Å². The smallest absolute Gasteiger partial charge is 0.224 e. The highest BCUT2D eigenvalue weighted by Crippen LogP contribution is 2.17. The van der Waals surface area contributed by atoms with Crippen LogP contribution in [0.2, 0.25) is 0 Å². The van der Waals surface area contributed by atoms with Gasteiger partial charge in [0.25, 0.3) is 0 Å². The van der Waals surface area contributed by atoms with Gasteiger partial charge in [0, 0.05) is 6.42 Å². The Bertz CT molecular complexity index is 603. The minimum Gasteiger partial charge on any atom is -0.497 e. The van der Waals surface area contributed by atoms with Crippen LogP contribution in [0.25, 0.3) is 0 Å². The van der Waals surface area contributed by atoms with Crippen LogP contribution in [0.5, 0.6) is 11.5 Å². The molecule has 0 spiro atoms. The lowest BCUT2D eigenvalue weighted by molar-refractivity contribution is -0.116. The van der Waals surface area contributed by atoms with E-state index in [1.165, 1.54) is 6.20 Å². The van der Waals surface area contributed by atoms with Gasteiger partial charge in [0.2, 0.25) is 5.91 Å². The Kier molecular flexibility index (Phi) is 7.70. The van der Waals surface area contributed by atoms with Crippen molar-refractivity contribution in [3.63, 3.8) is 0 Å². The number of anilines is 2. The maximum absolute atomic E-state index is 11.8. The molecule has 2 aromatic rings. The number of hydrogen-bond acceptors (Lipinski definition) is 5. The number of carbonyl (C=O) groups excluding carboxylic acids is 1. The highest BCUT2D eigenvalue weighted by molar-refractivity contribution is 5.90. The first kappa shape index (κ1) is 18.6. The van der Waals surface area contributed by atoms with E-state index in [4.69, 9.17) is 15.2 Å². The summed E-state index contributed by atoms with van der Waals surface area (Å²) in [7, 11) is 1.62. The zero-order chi connectivity index (χ0) is 15.8. The first-order valence-electron chi connectivity index (χ1n) is 6.95. The van der Waals surface area contributed by atoms with Crippen molar-refractivity contribution in [1.29, 1.82) is 0 Å². The highest BCUT2D eigenvalue weighted by Gasteiger charge is 2.03. The van der Waals surface area contributed by atoms with Gasteiger partial charge in [-0.25, -0.2) is 4.98 Å². The third kappa shape index (κ3) is 6.44. The van der Waals surface area contributed by atoms with Crippen LogP contribution in [0.4, 0.5) is 11.5 Å². The maximum Gasteiger partial charge on any atom is 0.224 e. The predicted molar refractivity (Wildman–Crippen MR) is 92.3 cm³/mol. The quantitative estimate of drug-likeness (QED) is 0.759. The van der Waals surface area contributed by atoms with E-state index in [-0.39, 0.29) is 18.3 Å². The molecule has 0 saturated carbocycles. The largest absolute Gasteiger partial charge is 0.497 e. The van der Waals surface area contributed by atoms with Crippen molar-refractivity contribution in [2.75, 3.05) is 24.8 Å². The Morgan fingerprint density at radius 2 is 1.87 bits per heavy atom.